The number of anilines is 1. The van der Waals surface area contributed by atoms with Crippen molar-refractivity contribution >= 4 is 11.4 Å². The van der Waals surface area contributed by atoms with Crippen LogP contribution in [0.25, 0.3) is 16.8 Å². The van der Waals surface area contributed by atoms with Crippen LogP contribution in [0.4, 0.5) is 10.1 Å². The van der Waals surface area contributed by atoms with Crippen molar-refractivity contribution in [2.45, 2.75) is 20.0 Å². The first kappa shape index (κ1) is 19.4. The van der Waals surface area contributed by atoms with Crippen LogP contribution in [-0.2, 0) is 0 Å². The maximum absolute atomic E-state index is 13.2. The highest BCUT2D eigenvalue weighted by molar-refractivity contribution is 5.70. The minimum absolute atomic E-state index is 0.0479. The lowest BCUT2D eigenvalue weighted by molar-refractivity contribution is 0.242. The van der Waals surface area contributed by atoms with Gasteiger partial charge in [-0.15, -0.1) is 0 Å². The Bertz CT molecular complexity index is 1070. The number of halogens is 1. The molecule has 144 valence electrons. The van der Waals surface area contributed by atoms with Crippen molar-refractivity contribution in [2.24, 2.45) is 4.99 Å². The van der Waals surface area contributed by atoms with E-state index in [2.05, 4.69) is 11.6 Å². The third-order valence-electron chi connectivity index (χ3n) is 4.27. The fraction of sp³-hybridized carbons (Fsp3) is 0.174. The van der Waals surface area contributed by atoms with E-state index in [1.165, 1.54) is 12.1 Å². The van der Waals surface area contributed by atoms with Crippen LogP contribution in [0.3, 0.4) is 0 Å². The fourth-order valence-electron chi connectivity index (χ4n) is 2.98. The van der Waals surface area contributed by atoms with E-state index in [1.807, 2.05) is 48.9 Å². The molecule has 4 nitrogen and oxygen atoms in total. The molecule has 1 aromatic heterocycles. The zero-order valence-corrected chi connectivity index (χ0v) is 16.3. The van der Waals surface area contributed by atoms with Crippen molar-refractivity contribution in [1.29, 1.82) is 0 Å². The molecule has 0 saturated heterocycles. The minimum atomic E-state index is -0.260. The Morgan fingerprint density at radius 1 is 1.07 bits per heavy atom. The van der Waals surface area contributed by atoms with E-state index in [-0.39, 0.29) is 11.9 Å². The molecule has 0 spiro atoms. The average Bonchev–Trinajstić information content (AvgIpc) is 2.66. The lowest BCUT2D eigenvalue weighted by atomic mass is 10.1. The molecular weight excluding hydrogens is 353 g/mol. The molecule has 0 aliphatic heterocycles. The molecule has 0 bridgehead atoms. The van der Waals surface area contributed by atoms with Crippen LogP contribution in [0.1, 0.15) is 19.4 Å². The summed E-state index contributed by atoms with van der Waals surface area (Å²) in [5.74, 6) is 0.439. The second-order valence-electron chi connectivity index (χ2n) is 6.78. The number of nitrogens with zero attached hydrogens (tertiary/aromatic N) is 2. The van der Waals surface area contributed by atoms with Crippen molar-refractivity contribution in [2.75, 3.05) is 12.8 Å². The lowest BCUT2D eigenvalue weighted by Crippen LogP contribution is -2.20. The molecule has 0 unspecified atom stereocenters. The van der Waals surface area contributed by atoms with Crippen LogP contribution < -0.4 is 16.0 Å². The smallest absolute Gasteiger partial charge is 0.132 e. The summed E-state index contributed by atoms with van der Waals surface area (Å²) in [6.45, 7) is 8.16. The largest absolute Gasteiger partial charge is 0.491 e. The molecule has 3 aromatic rings. The lowest BCUT2D eigenvalue weighted by Gasteiger charge is -2.16. The van der Waals surface area contributed by atoms with Gasteiger partial charge in [-0.05, 0) is 61.4 Å². The first-order valence-electron chi connectivity index (χ1n) is 9.05. The van der Waals surface area contributed by atoms with Crippen LogP contribution in [0.5, 0.6) is 5.75 Å². The summed E-state index contributed by atoms with van der Waals surface area (Å²) in [6, 6.07) is 15.8. The molecule has 2 N–H and O–H groups in total. The zero-order valence-electron chi connectivity index (χ0n) is 16.3. The van der Waals surface area contributed by atoms with E-state index in [4.69, 9.17) is 10.5 Å². The van der Waals surface area contributed by atoms with Crippen LogP contribution in [-0.4, -0.2) is 17.7 Å². The van der Waals surface area contributed by atoms with Gasteiger partial charge in [0.05, 0.1) is 6.10 Å². The van der Waals surface area contributed by atoms with Crippen molar-refractivity contribution in [3.63, 3.8) is 0 Å². The normalized spacial score (nSPS) is 11.7. The molecule has 0 aliphatic carbocycles. The molecule has 5 heteroatoms. The van der Waals surface area contributed by atoms with Gasteiger partial charge in [-0.1, -0.05) is 18.7 Å². The highest BCUT2D eigenvalue weighted by Gasteiger charge is 2.09. The zero-order chi connectivity index (χ0) is 20.3. The second kappa shape index (κ2) is 8.13. The Kier molecular flexibility index (Phi) is 5.64. The maximum Gasteiger partial charge on any atom is 0.132 e. The number of rotatable bonds is 5. The molecule has 3 rings (SSSR count). The van der Waals surface area contributed by atoms with Gasteiger partial charge in [0.25, 0.3) is 0 Å². The third kappa shape index (κ3) is 4.31. The Morgan fingerprint density at radius 3 is 2.43 bits per heavy atom. The van der Waals surface area contributed by atoms with Gasteiger partial charge in [-0.2, -0.15) is 0 Å². The average molecular weight is 377 g/mol. The molecule has 0 fully saturated rings. The van der Waals surface area contributed by atoms with Crippen LogP contribution in [0.15, 0.2) is 72.4 Å². The number of nitrogens with two attached hydrogens (primary N) is 1. The number of benzene rings is 2. The number of hydrogen-bond acceptors (Lipinski definition) is 3. The number of aromatic nitrogens is 1. The number of nitrogen functional groups attached to an aromatic ring is 1. The van der Waals surface area contributed by atoms with Crippen molar-refractivity contribution in [3.05, 3.63) is 84.2 Å². The molecule has 28 heavy (non-hydrogen) atoms. The van der Waals surface area contributed by atoms with Crippen LogP contribution in [0, 0.1) is 5.82 Å². The van der Waals surface area contributed by atoms with E-state index in [1.54, 1.807) is 25.2 Å². The molecule has 0 saturated carbocycles. The predicted octanol–water partition coefficient (Wildman–Crippen LogP) is 4.71. The van der Waals surface area contributed by atoms with Crippen molar-refractivity contribution < 1.29 is 9.13 Å². The molecule has 0 amide bonds. The van der Waals surface area contributed by atoms with Gasteiger partial charge in [0, 0.05) is 36.3 Å². The van der Waals surface area contributed by atoms with Gasteiger partial charge in [0.2, 0.25) is 0 Å². The van der Waals surface area contributed by atoms with Gasteiger partial charge in [-0.25, -0.2) is 4.39 Å². The third-order valence-corrected chi connectivity index (χ3v) is 4.27. The van der Waals surface area contributed by atoms with Crippen LogP contribution in [0.2, 0.25) is 0 Å². The summed E-state index contributed by atoms with van der Waals surface area (Å²) in [4.78, 5) is 4.38. The Labute approximate surface area is 164 Å². The second-order valence-corrected chi connectivity index (χ2v) is 6.78. The highest BCUT2D eigenvalue weighted by Crippen LogP contribution is 2.25. The first-order chi connectivity index (χ1) is 13.4. The monoisotopic (exact) mass is 377 g/mol. The number of pyridine rings is 1. The van der Waals surface area contributed by atoms with Gasteiger partial charge in [-0.3, -0.25) is 4.99 Å². The van der Waals surface area contributed by atoms with Gasteiger partial charge in [0.1, 0.15) is 17.1 Å². The fourth-order valence-corrected chi connectivity index (χ4v) is 2.98. The van der Waals surface area contributed by atoms with Gasteiger partial charge < -0.3 is 15.0 Å². The van der Waals surface area contributed by atoms with E-state index < -0.39 is 0 Å². The van der Waals surface area contributed by atoms with Crippen molar-refractivity contribution in [1.82, 2.24) is 4.57 Å². The standard InChI is InChI=1S/C23H24FN3O/c1-15(2)28-22-12-19(11-21(25)14-22)16(3)27-10-9-18(13-23(27)26-4)17-5-7-20(24)8-6-17/h5-15H,3,25H2,1-2,4H3/b26-23-. The molecular formula is C23H24FN3O. The van der Waals surface area contributed by atoms with Gasteiger partial charge >= 0.3 is 0 Å². The molecule has 0 atom stereocenters. The van der Waals surface area contributed by atoms with Crippen molar-refractivity contribution in [3.8, 4) is 16.9 Å². The van der Waals surface area contributed by atoms with E-state index in [9.17, 15) is 4.39 Å². The maximum atomic E-state index is 13.2. The van der Waals surface area contributed by atoms with E-state index in [0.29, 0.717) is 11.4 Å². The summed E-state index contributed by atoms with van der Waals surface area (Å²) < 4.78 is 20.9. The van der Waals surface area contributed by atoms with E-state index in [0.717, 1.165) is 27.9 Å². The Balaban J connectivity index is 2.01. The topological polar surface area (TPSA) is 52.5 Å². The predicted molar refractivity (Wildman–Crippen MR) is 112 cm³/mol. The quantitative estimate of drug-likeness (QED) is 0.655. The summed E-state index contributed by atoms with van der Waals surface area (Å²) >= 11 is 0. The first-order valence-corrected chi connectivity index (χ1v) is 9.05. The van der Waals surface area contributed by atoms with E-state index >= 15 is 0 Å². The van der Waals surface area contributed by atoms with Gasteiger partial charge in [0.15, 0.2) is 0 Å². The summed E-state index contributed by atoms with van der Waals surface area (Å²) in [5.41, 5.74) is 10.8. The molecule has 0 radical (unpaired) electrons. The highest BCUT2D eigenvalue weighted by atomic mass is 19.1. The Hall–Kier alpha value is -3.34. The molecule has 2 aromatic carbocycles. The molecule has 0 aliphatic rings. The summed E-state index contributed by atoms with van der Waals surface area (Å²) in [7, 11) is 1.72. The SMILES string of the molecule is C=C(c1cc(N)cc(OC(C)C)c1)n1ccc(-c2ccc(F)cc2)c/c1=N/C. The molecule has 1 heterocycles. The van der Waals surface area contributed by atoms with Crippen LogP contribution >= 0.6 is 0 Å². The Morgan fingerprint density at radius 2 is 1.79 bits per heavy atom. The number of ether oxygens (including phenoxy) is 1. The minimum Gasteiger partial charge on any atom is -0.491 e. The number of hydrogen-bond donors (Lipinski definition) is 1. The summed E-state index contributed by atoms with van der Waals surface area (Å²) in [5, 5.41) is 0. The summed E-state index contributed by atoms with van der Waals surface area (Å²) in [6.07, 6.45) is 1.95.